The maximum atomic E-state index is 14.1. The number of unbranched alkanes of at least 4 members (excludes halogenated alkanes) is 3. The number of phenols is 1. The maximum Gasteiger partial charge on any atom is 0.322 e. The highest BCUT2D eigenvalue weighted by atomic mass is 32.2. The van der Waals surface area contributed by atoms with Gasteiger partial charge in [-0.25, -0.2) is 4.79 Å². The Labute approximate surface area is 613 Å². The number of aliphatic imine (C=N–C) groups is 1. The van der Waals surface area contributed by atoms with Crippen molar-refractivity contribution >= 4 is 101 Å². The largest absolute Gasteiger partial charge is 0.508 e. The number of urea groups is 1. The molecule has 2 unspecified atom stereocenters. The van der Waals surface area contributed by atoms with Gasteiger partial charge in [-0.3, -0.25) is 77.5 Å². The van der Waals surface area contributed by atoms with Gasteiger partial charge in [-0.2, -0.15) is 0 Å². The van der Waals surface area contributed by atoms with E-state index in [0.717, 1.165) is 16.7 Å². The lowest BCUT2D eigenvalue weighted by molar-refractivity contribution is -0.140. The van der Waals surface area contributed by atoms with Crippen LogP contribution in [-0.4, -0.2) is 241 Å². The number of amides is 14. The van der Waals surface area contributed by atoms with E-state index >= 15 is 0 Å². The Morgan fingerprint density at radius 3 is 1.81 bits per heavy atom. The van der Waals surface area contributed by atoms with Crippen LogP contribution in [0.5, 0.6) is 5.75 Å². The van der Waals surface area contributed by atoms with Crippen molar-refractivity contribution in [3.63, 3.8) is 0 Å². The lowest BCUT2D eigenvalue weighted by atomic mass is 10.0. The van der Waals surface area contributed by atoms with E-state index < -0.39 is 136 Å². The summed E-state index contributed by atoms with van der Waals surface area (Å²) in [7, 11) is 0. The van der Waals surface area contributed by atoms with E-state index in [2.05, 4.69) is 74.1 Å². The molecule has 3 aliphatic rings. The van der Waals surface area contributed by atoms with Gasteiger partial charge in [-0.1, -0.05) is 48.9 Å². The first kappa shape index (κ1) is 86.0. The molecule has 5 rings (SSSR count). The Bertz CT molecular complexity index is 3290. The highest BCUT2D eigenvalue weighted by molar-refractivity contribution is 8.00. The average molecular weight is 1490 g/mol. The molecule has 0 spiro atoms. The van der Waals surface area contributed by atoms with Gasteiger partial charge in [0.05, 0.1) is 11.7 Å². The van der Waals surface area contributed by atoms with Crippen LogP contribution in [-0.2, 0) is 75.2 Å². The fourth-order valence-corrected chi connectivity index (χ4v) is 12.5. The topological polar surface area (TPSA) is 594 Å². The second kappa shape index (κ2) is 44.9. The first-order chi connectivity index (χ1) is 50.0. The number of aliphatic carboxylic acids is 1. The number of guanidine groups is 1. The van der Waals surface area contributed by atoms with E-state index in [1.165, 1.54) is 12.1 Å². The molecule has 2 aromatic rings. The highest BCUT2D eigenvalue weighted by Crippen LogP contribution is 2.26. The Morgan fingerprint density at radius 2 is 1.17 bits per heavy atom. The second-order valence-electron chi connectivity index (χ2n) is 26.5. The van der Waals surface area contributed by atoms with Crippen LogP contribution in [0.15, 0.2) is 59.6 Å². The van der Waals surface area contributed by atoms with Gasteiger partial charge >= 0.3 is 12.0 Å². The molecule has 38 heteroatoms. The summed E-state index contributed by atoms with van der Waals surface area (Å²) in [5.41, 5.74) is 29.2. The standard InChI is InChI=1S/C67H105N21O16S/c1-66(71)37-73-27-29-75-39-67(72,40-76-30-28-74-38-66)87-54(93)18-10-17-53(92)80-46(33-42-19-21-43(89)22-20-42)58(98)78-25-8-3-6-16-52(91)81-49(57(68)97)36-105-50-35-55(94)88(63(50)103)31-23-51(90)77-24-9-7-14-44-59(99)82-45(15-11-26-79-64(69)70)60(100)86-65(104)85-48(34-56(95)96)62(102)84-47(61(101)83-44)32-41-12-4-2-5-13-41/h2,4-5,12-13,19-22,44-50,73-76,89H,3,6-11,14-18,23-40,71-72H2,1H3,(H2,68,97)(H,77,90)(H,78,98)(H,80,92)(H,81,91)(H,82,99)(H,83,101)(H,84,102)(H,87,93)(H,95,96)(H4,69,70,79)(H2,85,86,100,104)/t44?,45-,46-,47+,48+,49-,50?,66?,67?/m0/s1. The summed E-state index contributed by atoms with van der Waals surface area (Å²) >= 11 is 0.942. The number of carbonyl (C=O) groups excluding carboxylic acids is 13. The number of carboxylic acid groups (broad SMARTS) is 1. The van der Waals surface area contributed by atoms with Crippen LogP contribution in [0.4, 0.5) is 4.79 Å². The van der Waals surface area contributed by atoms with E-state index in [4.69, 9.17) is 28.7 Å². The van der Waals surface area contributed by atoms with Crippen molar-refractivity contribution in [3.8, 4) is 5.75 Å². The highest BCUT2D eigenvalue weighted by Gasteiger charge is 2.40. The third-order valence-electron chi connectivity index (χ3n) is 17.0. The molecular weight excluding hydrogens is 1390 g/mol. The molecule has 0 radical (unpaired) electrons. The minimum absolute atomic E-state index is 0.00788. The first-order valence-corrected chi connectivity index (χ1v) is 36.2. The number of likely N-dealkylation sites (tertiary alicyclic amines) is 1. The predicted molar refractivity (Wildman–Crippen MR) is 387 cm³/mol. The van der Waals surface area contributed by atoms with Crippen molar-refractivity contribution in [2.75, 3.05) is 84.3 Å². The number of rotatable bonds is 36. The number of carbonyl (C=O) groups is 14. The molecule has 0 saturated carbocycles. The van der Waals surface area contributed by atoms with E-state index in [-0.39, 0.29) is 146 Å². The molecule has 0 aromatic heterocycles. The van der Waals surface area contributed by atoms with Crippen molar-refractivity contribution < 1.29 is 77.3 Å². The number of thioether (sulfide) groups is 1. The molecule has 3 aliphatic heterocycles. The number of hydrogen-bond donors (Lipinski definition) is 21. The molecule has 7 atom stereocenters. The minimum Gasteiger partial charge on any atom is -0.508 e. The van der Waals surface area contributed by atoms with Crippen molar-refractivity contribution in [1.29, 1.82) is 0 Å². The number of imide groups is 2. The van der Waals surface area contributed by atoms with Gasteiger partial charge in [0.2, 0.25) is 65.0 Å². The molecule has 26 N–H and O–H groups in total. The lowest BCUT2D eigenvalue weighted by Crippen LogP contribution is -2.67. The predicted octanol–water partition coefficient (Wildman–Crippen LogP) is -5.93. The van der Waals surface area contributed by atoms with Gasteiger partial charge in [-0.05, 0) is 81.5 Å². The van der Waals surface area contributed by atoms with Crippen LogP contribution >= 0.6 is 11.8 Å². The van der Waals surface area contributed by atoms with Crippen LogP contribution < -0.4 is 103 Å². The third kappa shape index (κ3) is 33.4. The molecule has 14 amide bonds. The molecule has 580 valence electrons. The quantitative estimate of drug-likeness (QED) is 0.00993. The molecule has 105 heavy (non-hydrogen) atoms. The maximum absolute atomic E-state index is 14.1. The SMILES string of the molecule is CC1(N)CNCCNCC(N)(NC(=O)CCCC(=O)N[C@@H](Cc2ccc(O)cc2)C(=O)NCCCCCC(=O)N[C@@H](CSC2CC(=O)N(CCC(=O)NCCCCC3NC(=O)[C@@H](Cc4ccccc4)NC(=O)[C@@H](CC(=O)O)NC(=O)NC(=O)[C@H](CCCN=C(N)N)NC3=O)C2=O)C(N)=O)CNCCNC1. The van der Waals surface area contributed by atoms with Crippen LogP contribution in [0.25, 0.3) is 0 Å². The van der Waals surface area contributed by atoms with Gasteiger partial charge in [0.1, 0.15) is 47.7 Å². The second-order valence-corrected chi connectivity index (χ2v) is 27.7. The number of nitrogens with one attached hydrogen (secondary N) is 14. The van der Waals surface area contributed by atoms with Crippen LogP contribution in [0.1, 0.15) is 114 Å². The fourth-order valence-electron chi connectivity index (χ4n) is 11.3. The Morgan fingerprint density at radius 1 is 0.610 bits per heavy atom. The number of phenolic OH excluding ortho intramolecular Hbond substituents is 1. The number of hydrogen-bond acceptors (Lipinski definition) is 23. The Balaban J connectivity index is 1.04. The number of carboxylic acids is 1. The summed E-state index contributed by atoms with van der Waals surface area (Å²) < 4.78 is 0. The van der Waals surface area contributed by atoms with Gasteiger partial charge in [0.25, 0.3) is 5.91 Å². The number of nitrogens with two attached hydrogens (primary N) is 5. The molecular formula is C67H105N21O16S. The van der Waals surface area contributed by atoms with Crippen molar-refractivity contribution in [1.82, 2.24) is 79.3 Å². The van der Waals surface area contributed by atoms with Crippen LogP contribution in [0, 0.1) is 0 Å². The Kier molecular flexibility index (Phi) is 36.8. The van der Waals surface area contributed by atoms with E-state index in [0.29, 0.717) is 69.7 Å². The first-order valence-electron chi connectivity index (χ1n) is 35.2. The third-order valence-corrected chi connectivity index (χ3v) is 18.3. The van der Waals surface area contributed by atoms with Crippen molar-refractivity contribution in [3.05, 3.63) is 65.7 Å². The van der Waals surface area contributed by atoms with Crippen molar-refractivity contribution in [2.45, 2.75) is 169 Å². The number of nitrogens with zero attached hydrogens (tertiary/aromatic N) is 2. The molecule has 2 aromatic carbocycles. The summed E-state index contributed by atoms with van der Waals surface area (Å²) in [6.07, 6.45) is 0.123. The lowest BCUT2D eigenvalue weighted by Gasteiger charge is -2.32. The monoisotopic (exact) mass is 1490 g/mol. The smallest absolute Gasteiger partial charge is 0.322 e. The van der Waals surface area contributed by atoms with Crippen LogP contribution in [0.2, 0.25) is 0 Å². The summed E-state index contributed by atoms with van der Waals surface area (Å²) in [4.78, 5) is 190. The summed E-state index contributed by atoms with van der Waals surface area (Å²) in [5.74, 6) is -10.1. The summed E-state index contributed by atoms with van der Waals surface area (Å²) in [5, 5.41) is 57.3. The van der Waals surface area contributed by atoms with E-state index in [1.807, 2.05) is 12.2 Å². The normalized spacial score (nSPS) is 22.3. The molecule has 0 bridgehead atoms. The zero-order chi connectivity index (χ0) is 76.9. The minimum atomic E-state index is -1.75. The van der Waals surface area contributed by atoms with Gasteiger partial charge in [-0.15, -0.1) is 11.8 Å². The van der Waals surface area contributed by atoms with Crippen molar-refractivity contribution in [2.24, 2.45) is 33.7 Å². The van der Waals surface area contributed by atoms with Gasteiger partial charge in [0, 0.05) is 135 Å². The Hall–Kier alpha value is -9.60. The molecule has 3 fully saturated rings. The average Bonchev–Trinajstić information content (AvgIpc) is 1.73. The van der Waals surface area contributed by atoms with E-state index in [9.17, 15) is 77.3 Å². The molecule has 3 heterocycles. The zero-order valence-electron chi connectivity index (χ0n) is 59.3. The molecule has 3 saturated heterocycles. The zero-order valence-corrected chi connectivity index (χ0v) is 60.1. The van der Waals surface area contributed by atoms with E-state index in [1.54, 1.807) is 42.5 Å². The van der Waals surface area contributed by atoms with Gasteiger partial charge < -0.3 is 108 Å². The van der Waals surface area contributed by atoms with Crippen LogP contribution in [0.3, 0.4) is 0 Å². The molecule has 37 nitrogen and oxygen atoms in total. The number of benzene rings is 2. The number of aromatic hydroxyl groups is 1. The molecule has 0 aliphatic carbocycles. The summed E-state index contributed by atoms with van der Waals surface area (Å²) in [6.45, 7) is 6.13. The van der Waals surface area contributed by atoms with Gasteiger partial charge in [0.15, 0.2) is 5.96 Å². The summed E-state index contributed by atoms with van der Waals surface area (Å²) in [6, 6.07) is 5.18. The number of primary amides is 1. The fraction of sp³-hybridized carbons (Fsp3) is 0.597.